The molecule has 0 aliphatic heterocycles. The number of hydrogen-bond donors (Lipinski definition) is 2. The van der Waals surface area contributed by atoms with E-state index >= 15 is 0 Å². The zero-order valence-corrected chi connectivity index (χ0v) is 15.1. The molecule has 0 unspecified atom stereocenters. The molecule has 3 N–H and O–H groups in total. The number of nitrogens with two attached hydrogens (primary N) is 1. The number of benzene rings is 2. The van der Waals surface area contributed by atoms with Gasteiger partial charge in [-0.1, -0.05) is 41.4 Å². The highest BCUT2D eigenvalue weighted by atomic mass is 35.5. The first-order valence-electron chi connectivity index (χ1n) is 7.74. The van der Waals surface area contributed by atoms with Crippen molar-refractivity contribution in [1.29, 1.82) is 0 Å². The first kappa shape index (κ1) is 17.9. The quantitative estimate of drug-likeness (QED) is 0.832. The molecule has 1 saturated carbocycles. The van der Waals surface area contributed by atoms with Gasteiger partial charge in [-0.05, 0) is 36.8 Å². The fourth-order valence-corrected chi connectivity index (χ4v) is 5.97. The summed E-state index contributed by atoms with van der Waals surface area (Å²) in [6, 6.07) is 12.9. The van der Waals surface area contributed by atoms with Gasteiger partial charge in [0.25, 0.3) is 0 Å². The third-order valence-corrected chi connectivity index (χ3v) is 7.45. The number of rotatable bonds is 5. The molecule has 0 aromatic heterocycles. The van der Waals surface area contributed by atoms with Gasteiger partial charge in [-0.15, -0.1) is 0 Å². The normalized spacial score (nSPS) is 25.6. The molecule has 25 heavy (non-hydrogen) atoms. The Kier molecular flexibility index (Phi) is 4.39. The largest absolute Gasteiger partial charge is 0.481 e. The maximum atomic E-state index is 13.1. The summed E-state index contributed by atoms with van der Waals surface area (Å²) in [6.07, 6.45) is 0. The third kappa shape index (κ3) is 2.74. The van der Waals surface area contributed by atoms with Gasteiger partial charge in [0.2, 0.25) is 0 Å². The van der Waals surface area contributed by atoms with Crippen molar-refractivity contribution >= 4 is 27.4 Å². The van der Waals surface area contributed by atoms with E-state index in [0.29, 0.717) is 10.6 Å². The summed E-state index contributed by atoms with van der Waals surface area (Å²) in [5.74, 6) is -1.88. The fraction of sp³-hybridized carbons (Fsp3) is 0.278. The van der Waals surface area contributed by atoms with Gasteiger partial charge in [-0.25, -0.2) is 8.42 Å². The number of carboxylic acids is 1. The van der Waals surface area contributed by atoms with Gasteiger partial charge in [0.1, 0.15) is 5.41 Å². The van der Waals surface area contributed by atoms with E-state index in [1.807, 2.05) is 19.1 Å². The summed E-state index contributed by atoms with van der Waals surface area (Å²) >= 11 is 5.82. The summed E-state index contributed by atoms with van der Waals surface area (Å²) in [5.41, 5.74) is 5.91. The lowest BCUT2D eigenvalue weighted by Crippen LogP contribution is -2.31. The summed E-state index contributed by atoms with van der Waals surface area (Å²) < 4.78 is 26.1. The molecular formula is C18H18ClNO4S. The fourth-order valence-electron chi connectivity index (χ4n) is 3.46. The zero-order valence-electron chi connectivity index (χ0n) is 13.5. The average Bonchev–Trinajstić information content (AvgIpc) is 3.27. The number of sulfone groups is 1. The first-order chi connectivity index (χ1) is 11.7. The second kappa shape index (κ2) is 6.12. The summed E-state index contributed by atoms with van der Waals surface area (Å²) in [6.45, 7) is 1.66. The summed E-state index contributed by atoms with van der Waals surface area (Å²) in [7, 11) is -3.87. The van der Waals surface area contributed by atoms with E-state index in [2.05, 4.69) is 0 Å². The molecule has 0 heterocycles. The molecule has 3 rings (SSSR count). The molecule has 1 fully saturated rings. The lowest BCUT2D eigenvalue weighted by Gasteiger charge is -2.10. The SMILES string of the molecule is Cc1ccc([C@@H]2[C@H](S(=O)(=O)c3ccc(Cl)cc3)[C@@]2(CN)C(=O)O)cc1. The first-order valence-corrected chi connectivity index (χ1v) is 9.67. The van der Waals surface area contributed by atoms with Crippen molar-refractivity contribution in [2.24, 2.45) is 11.1 Å². The molecule has 0 saturated heterocycles. The smallest absolute Gasteiger partial charge is 0.312 e. The van der Waals surface area contributed by atoms with E-state index in [1.165, 1.54) is 24.3 Å². The second-order valence-corrected chi connectivity index (χ2v) is 8.86. The molecule has 2 aromatic carbocycles. The highest BCUT2D eigenvalue weighted by Gasteiger charge is 2.75. The van der Waals surface area contributed by atoms with E-state index in [1.54, 1.807) is 12.1 Å². The van der Waals surface area contributed by atoms with Gasteiger partial charge < -0.3 is 10.8 Å². The van der Waals surface area contributed by atoms with Crippen molar-refractivity contribution in [3.8, 4) is 0 Å². The van der Waals surface area contributed by atoms with Crippen LogP contribution >= 0.6 is 11.6 Å². The Balaban J connectivity index is 2.10. The Labute approximate surface area is 151 Å². The van der Waals surface area contributed by atoms with Crippen molar-refractivity contribution < 1.29 is 18.3 Å². The van der Waals surface area contributed by atoms with Crippen LogP contribution in [-0.4, -0.2) is 31.3 Å². The highest BCUT2D eigenvalue weighted by molar-refractivity contribution is 7.92. The van der Waals surface area contributed by atoms with Crippen molar-refractivity contribution in [3.63, 3.8) is 0 Å². The van der Waals surface area contributed by atoms with Crippen LogP contribution in [0.15, 0.2) is 53.4 Å². The Bertz CT molecular complexity index is 909. The molecule has 7 heteroatoms. The third-order valence-electron chi connectivity index (χ3n) is 4.91. The molecule has 0 amide bonds. The van der Waals surface area contributed by atoms with Crippen LogP contribution in [0.5, 0.6) is 0 Å². The summed E-state index contributed by atoms with van der Waals surface area (Å²) in [5, 5.41) is 9.05. The maximum Gasteiger partial charge on any atom is 0.312 e. The molecule has 132 valence electrons. The highest BCUT2D eigenvalue weighted by Crippen LogP contribution is 2.63. The number of hydrogen-bond acceptors (Lipinski definition) is 4. The van der Waals surface area contributed by atoms with Crippen LogP contribution in [0.1, 0.15) is 17.0 Å². The monoisotopic (exact) mass is 379 g/mol. The minimum atomic E-state index is -3.87. The van der Waals surface area contributed by atoms with Gasteiger partial charge in [-0.2, -0.15) is 0 Å². The van der Waals surface area contributed by atoms with E-state index in [9.17, 15) is 18.3 Å². The van der Waals surface area contributed by atoms with Crippen LogP contribution in [0, 0.1) is 12.3 Å². The maximum absolute atomic E-state index is 13.1. The molecule has 1 aliphatic carbocycles. The van der Waals surface area contributed by atoms with Crippen molar-refractivity contribution in [3.05, 3.63) is 64.7 Å². The number of carbonyl (C=O) groups is 1. The molecule has 5 nitrogen and oxygen atoms in total. The Morgan fingerprint density at radius 1 is 1.16 bits per heavy atom. The van der Waals surface area contributed by atoms with Gasteiger partial charge in [0, 0.05) is 17.5 Å². The number of carboxylic acid groups (broad SMARTS) is 1. The topological polar surface area (TPSA) is 97.5 Å². The molecular weight excluding hydrogens is 362 g/mol. The van der Waals surface area contributed by atoms with E-state index in [4.69, 9.17) is 17.3 Å². The predicted molar refractivity (Wildman–Crippen MR) is 95.5 cm³/mol. The summed E-state index contributed by atoms with van der Waals surface area (Å²) in [4.78, 5) is 12.0. The van der Waals surface area contributed by atoms with Crippen LogP contribution < -0.4 is 5.73 Å². The minimum absolute atomic E-state index is 0.0515. The van der Waals surface area contributed by atoms with E-state index in [0.717, 1.165) is 5.56 Å². The number of aliphatic carboxylic acids is 1. The molecule has 0 spiro atoms. The average molecular weight is 380 g/mol. The zero-order chi connectivity index (χ0) is 18.4. The molecule has 3 atom stereocenters. The second-order valence-electron chi connectivity index (χ2n) is 6.36. The standard InChI is InChI=1S/C18H18ClNO4S/c1-11-2-4-12(5-3-11)15-16(18(15,10-20)17(21)22)25(23,24)14-8-6-13(19)7-9-14/h2-9,15-16H,10,20H2,1H3,(H,21,22)/t15-,16+,18+/m1/s1. The minimum Gasteiger partial charge on any atom is -0.481 e. The predicted octanol–water partition coefficient (Wildman–Crippen LogP) is 2.62. The Morgan fingerprint density at radius 3 is 2.20 bits per heavy atom. The Hall–Kier alpha value is -1.89. The van der Waals surface area contributed by atoms with Crippen molar-refractivity contribution in [1.82, 2.24) is 0 Å². The van der Waals surface area contributed by atoms with Gasteiger partial charge in [-0.3, -0.25) is 4.79 Å². The van der Waals surface area contributed by atoms with Gasteiger partial charge in [0.05, 0.1) is 10.1 Å². The number of aryl methyl sites for hydroxylation is 1. The van der Waals surface area contributed by atoms with Crippen LogP contribution in [0.2, 0.25) is 5.02 Å². The van der Waals surface area contributed by atoms with Gasteiger partial charge >= 0.3 is 5.97 Å². The molecule has 0 radical (unpaired) electrons. The Morgan fingerprint density at radius 2 is 1.72 bits per heavy atom. The van der Waals surface area contributed by atoms with Crippen LogP contribution in [0.3, 0.4) is 0 Å². The van der Waals surface area contributed by atoms with Crippen LogP contribution in [-0.2, 0) is 14.6 Å². The molecule has 1 aliphatic rings. The lowest BCUT2D eigenvalue weighted by molar-refractivity contribution is -0.143. The van der Waals surface area contributed by atoms with Crippen molar-refractivity contribution in [2.45, 2.75) is 23.0 Å². The van der Waals surface area contributed by atoms with Crippen LogP contribution in [0.4, 0.5) is 0 Å². The molecule has 2 aromatic rings. The number of halogens is 1. The van der Waals surface area contributed by atoms with E-state index < -0.39 is 32.4 Å². The van der Waals surface area contributed by atoms with E-state index in [-0.39, 0.29) is 11.4 Å². The lowest BCUT2D eigenvalue weighted by atomic mass is 9.99. The van der Waals surface area contributed by atoms with Crippen LogP contribution in [0.25, 0.3) is 0 Å². The van der Waals surface area contributed by atoms with Crippen molar-refractivity contribution in [2.75, 3.05) is 6.54 Å². The van der Waals surface area contributed by atoms with Gasteiger partial charge in [0.15, 0.2) is 9.84 Å². The molecule has 0 bridgehead atoms.